The van der Waals surface area contributed by atoms with E-state index in [2.05, 4.69) is 9.97 Å². The van der Waals surface area contributed by atoms with Crippen LogP contribution in [0.15, 0.2) is 24.5 Å². The molecule has 1 heterocycles. The minimum Gasteiger partial charge on any atom is -0.480 e. The molecule has 0 aliphatic rings. The molecule has 0 saturated heterocycles. The van der Waals surface area contributed by atoms with Crippen LogP contribution in [0.3, 0.4) is 0 Å². The molecule has 0 saturated carbocycles. The number of hydrogen-bond acceptors (Lipinski definition) is 3. The molecule has 0 aliphatic carbocycles. The molecule has 2 aromatic rings. The monoisotopic (exact) mass is 247 g/mol. The number of fused-ring (bicyclic) bond motifs is 1. The number of likely N-dealkylation sites (N-methyl/N-ethyl adjacent to an activating group) is 1. The van der Waals surface area contributed by atoms with Crippen molar-refractivity contribution in [2.75, 3.05) is 14.1 Å². The third-order valence-corrected chi connectivity index (χ3v) is 3.10. The number of nitrogens with one attached hydrogen (secondary N) is 1. The Morgan fingerprint density at radius 1 is 1.50 bits per heavy atom. The summed E-state index contributed by atoms with van der Waals surface area (Å²) in [6.45, 7) is 0. The maximum Gasteiger partial charge on any atom is 0.320 e. The lowest BCUT2D eigenvalue weighted by molar-refractivity contribution is -0.142. The number of aliphatic carboxylic acids is 1. The molecule has 0 bridgehead atoms. The fourth-order valence-electron chi connectivity index (χ4n) is 2.04. The van der Waals surface area contributed by atoms with Gasteiger partial charge in [-0.3, -0.25) is 9.69 Å². The smallest absolute Gasteiger partial charge is 0.320 e. The van der Waals surface area contributed by atoms with Gasteiger partial charge in [-0.2, -0.15) is 0 Å². The van der Waals surface area contributed by atoms with Crippen LogP contribution in [-0.4, -0.2) is 46.1 Å². The summed E-state index contributed by atoms with van der Waals surface area (Å²) in [5.41, 5.74) is 3.05. The van der Waals surface area contributed by atoms with Crippen LogP contribution in [0.25, 0.3) is 11.0 Å². The van der Waals surface area contributed by atoms with Gasteiger partial charge in [0.25, 0.3) is 0 Å². The number of nitrogens with zero attached hydrogens (tertiary/aromatic N) is 2. The molecule has 5 heteroatoms. The molecule has 1 unspecified atom stereocenters. The molecule has 0 aliphatic heterocycles. The van der Waals surface area contributed by atoms with Gasteiger partial charge in [0.05, 0.1) is 17.4 Å². The van der Waals surface area contributed by atoms with E-state index in [1.54, 1.807) is 25.3 Å². The highest BCUT2D eigenvalue weighted by molar-refractivity contribution is 5.75. The van der Waals surface area contributed by atoms with Crippen LogP contribution in [0.4, 0.5) is 0 Å². The average Bonchev–Trinajstić information content (AvgIpc) is 2.75. The lowest BCUT2D eigenvalue weighted by atomic mass is 10.0. The first kappa shape index (κ1) is 12.6. The van der Waals surface area contributed by atoms with E-state index in [-0.39, 0.29) is 0 Å². The number of benzene rings is 1. The van der Waals surface area contributed by atoms with Crippen molar-refractivity contribution in [2.45, 2.75) is 18.9 Å². The minimum atomic E-state index is -0.775. The molecule has 1 aromatic heterocycles. The Morgan fingerprint density at radius 2 is 2.28 bits per heavy atom. The van der Waals surface area contributed by atoms with Gasteiger partial charge >= 0.3 is 5.97 Å². The van der Waals surface area contributed by atoms with Crippen molar-refractivity contribution in [1.82, 2.24) is 14.9 Å². The highest BCUT2D eigenvalue weighted by Crippen LogP contribution is 2.14. The summed E-state index contributed by atoms with van der Waals surface area (Å²) in [5, 5.41) is 9.10. The zero-order valence-corrected chi connectivity index (χ0v) is 10.6. The van der Waals surface area contributed by atoms with E-state index in [1.165, 1.54) is 0 Å². The largest absolute Gasteiger partial charge is 0.480 e. The van der Waals surface area contributed by atoms with Crippen LogP contribution in [0.2, 0.25) is 0 Å². The maximum absolute atomic E-state index is 11.1. The first-order valence-corrected chi connectivity index (χ1v) is 5.89. The number of aromatic nitrogens is 2. The molecular weight excluding hydrogens is 230 g/mol. The zero-order valence-electron chi connectivity index (χ0n) is 10.6. The summed E-state index contributed by atoms with van der Waals surface area (Å²) in [4.78, 5) is 20.0. The van der Waals surface area contributed by atoms with Crippen LogP contribution < -0.4 is 0 Å². The third-order valence-electron chi connectivity index (χ3n) is 3.10. The second-order valence-corrected chi connectivity index (χ2v) is 4.61. The Labute approximate surface area is 105 Å². The highest BCUT2D eigenvalue weighted by atomic mass is 16.4. The number of carbonyl (C=O) groups is 1. The number of hydrogen-bond donors (Lipinski definition) is 2. The molecule has 1 aromatic carbocycles. The fraction of sp³-hybridized carbons (Fsp3) is 0.385. The van der Waals surface area contributed by atoms with Gasteiger partial charge in [0.1, 0.15) is 6.04 Å². The van der Waals surface area contributed by atoms with Gasteiger partial charge in [0.2, 0.25) is 0 Å². The van der Waals surface area contributed by atoms with Crippen LogP contribution in [0.1, 0.15) is 12.0 Å². The van der Waals surface area contributed by atoms with Crippen molar-refractivity contribution < 1.29 is 9.90 Å². The van der Waals surface area contributed by atoms with Gasteiger partial charge < -0.3 is 10.1 Å². The molecule has 0 radical (unpaired) electrons. The summed E-state index contributed by atoms with van der Waals surface area (Å²) < 4.78 is 0. The summed E-state index contributed by atoms with van der Waals surface area (Å²) in [6.07, 6.45) is 3.00. The number of rotatable bonds is 5. The summed E-state index contributed by atoms with van der Waals surface area (Å²) in [6, 6.07) is 5.53. The molecule has 2 N–H and O–H groups in total. The van der Waals surface area contributed by atoms with Gasteiger partial charge in [0.15, 0.2) is 0 Å². The summed E-state index contributed by atoms with van der Waals surface area (Å²) >= 11 is 0. The molecule has 0 fully saturated rings. The van der Waals surface area contributed by atoms with Crippen molar-refractivity contribution in [1.29, 1.82) is 0 Å². The zero-order chi connectivity index (χ0) is 13.1. The molecular formula is C13H17N3O2. The second-order valence-electron chi connectivity index (χ2n) is 4.61. The van der Waals surface area contributed by atoms with E-state index < -0.39 is 12.0 Å². The van der Waals surface area contributed by atoms with Gasteiger partial charge in [-0.05, 0) is 44.6 Å². The van der Waals surface area contributed by atoms with Crippen LogP contribution in [-0.2, 0) is 11.2 Å². The molecule has 0 amide bonds. The lowest BCUT2D eigenvalue weighted by Crippen LogP contribution is -2.35. The van der Waals surface area contributed by atoms with Crippen LogP contribution in [0, 0.1) is 0 Å². The van der Waals surface area contributed by atoms with Crippen LogP contribution in [0.5, 0.6) is 0 Å². The van der Waals surface area contributed by atoms with Crippen molar-refractivity contribution in [3.8, 4) is 0 Å². The first-order valence-electron chi connectivity index (χ1n) is 5.89. The number of H-pyrrole nitrogens is 1. The van der Waals surface area contributed by atoms with E-state index in [0.29, 0.717) is 6.42 Å². The first-order chi connectivity index (χ1) is 8.58. The SMILES string of the molecule is CN(C)C(CCc1ccc2nc[nH]c2c1)C(=O)O. The quantitative estimate of drug-likeness (QED) is 0.840. The normalized spacial score (nSPS) is 13.1. The highest BCUT2D eigenvalue weighted by Gasteiger charge is 2.19. The van der Waals surface area contributed by atoms with Crippen molar-refractivity contribution in [3.63, 3.8) is 0 Å². The predicted molar refractivity (Wildman–Crippen MR) is 69.5 cm³/mol. The Morgan fingerprint density at radius 3 is 2.94 bits per heavy atom. The molecule has 0 spiro atoms. The topological polar surface area (TPSA) is 69.2 Å². The van der Waals surface area contributed by atoms with Gasteiger partial charge in [-0.15, -0.1) is 0 Å². The lowest BCUT2D eigenvalue weighted by Gasteiger charge is -2.19. The van der Waals surface area contributed by atoms with Crippen molar-refractivity contribution >= 4 is 17.0 Å². The average molecular weight is 247 g/mol. The minimum absolute atomic E-state index is 0.442. The summed E-state index contributed by atoms with van der Waals surface area (Å²) in [7, 11) is 3.58. The standard InChI is InChI=1S/C13H17N3O2/c1-16(2)12(13(17)18)6-4-9-3-5-10-11(7-9)15-8-14-10/h3,5,7-8,12H,4,6H2,1-2H3,(H,14,15)(H,17,18). The predicted octanol–water partition coefficient (Wildman–Crippen LogP) is 1.51. The van der Waals surface area contributed by atoms with Crippen LogP contribution >= 0.6 is 0 Å². The number of carboxylic acids is 1. The molecule has 2 rings (SSSR count). The van der Waals surface area contributed by atoms with E-state index in [4.69, 9.17) is 5.11 Å². The van der Waals surface area contributed by atoms with E-state index in [1.807, 2.05) is 18.2 Å². The van der Waals surface area contributed by atoms with E-state index in [9.17, 15) is 4.79 Å². The van der Waals surface area contributed by atoms with Gasteiger partial charge in [0, 0.05) is 0 Å². The Bertz CT molecular complexity index is 548. The number of aromatic amines is 1. The molecule has 96 valence electrons. The van der Waals surface area contributed by atoms with E-state index in [0.717, 1.165) is 23.0 Å². The number of aryl methyl sites for hydroxylation is 1. The fourth-order valence-corrected chi connectivity index (χ4v) is 2.04. The third kappa shape index (κ3) is 2.68. The summed E-state index contributed by atoms with van der Waals surface area (Å²) in [5.74, 6) is -0.775. The molecule has 1 atom stereocenters. The Balaban J connectivity index is 2.06. The number of imidazole rings is 1. The van der Waals surface area contributed by atoms with E-state index >= 15 is 0 Å². The number of carboxylic acid groups (broad SMARTS) is 1. The van der Waals surface area contributed by atoms with Crippen molar-refractivity contribution in [3.05, 3.63) is 30.1 Å². The Hall–Kier alpha value is -1.88. The molecule has 5 nitrogen and oxygen atoms in total. The van der Waals surface area contributed by atoms with Gasteiger partial charge in [-0.1, -0.05) is 6.07 Å². The second kappa shape index (κ2) is 5.18. The molecule has 18 heavy (non-hydrogen) atoms. The Kier molecular flexibility index (Phi) is 3.62. The van der Waals surface area contributed by atoms with Crippen molar-refractivity contribution in [2.24, 2.45) is 0 Å². The van der Waals surface area contributed by atoms with Gasteiger partial charge in [-0.25, -0.2) is 4.98 Å². The maximum atomic E-state index is 11.1.